The largest absolute Gasteiger partial charge is 0.505 e. The molecular formula is C17H16F2N2O3S. The van der Waals surface area contributed by atoms with Crippen LogP contribution >= 0.6 is 11.3 Å². The van der Waals surface area contributed by atoms with Crippen LogP contribution in [0.2, 0.25) is 0 Å². The molecule has 0 spiro atoms. The predicted octanol–water partition coefficient (Wildman–Crippen LogP) is 3.80. The maximum Gasteiger partial charge on any atom is 0.275 e. The minimum atomic E-state index is -2.73. The highest BCUT2D eigenvalue weighted by molar-refractivity contribution is 7.20. The van der Waals surface area contributed by atoms with Gasteiger partial charge in [0.05, 0.1) is 18.7 Å². The van der Waals surface area contributed by atoms with Gasteiger partial charge in [-0.3, -0.25) is 9.36 Å². The first-order chi connectivity index (χ1) is 11.9. The van der Waals surface area contributed by atoms with Gasteiger partial charge in [0.1, 0.15) is 10.4 Å². The second-order valence-electron chi connectivity index (χ2n) is 5.41. The molecule has 0 fully saturated rings. The van der Waals surface area contributed by atoms with E-state index in [9.17, 15) is 18.7 Å². The van der Waals surface area contributed by atoms with E-state index >= 15 is 0 Å². The van der Waals surface area contributed by atoms with Gasteiger partial charge in [-0.05, 0) is 25.0 Å². The highest BCUT2D eigenvalue weighted by atomic mass is 32.1. The Hall–Kier alpha value is -2.48. The van der Waals surface area contributed by atoms with Crippen LogP contribution in [0.15, 0.2) is 29.1 Å². The number of hydrogen-bond acceptors (Lipinski definition) is 5. The topological polar surface area (TPSA) is 64.3 Å². The highest BCUT2D eigenvalue weighted by Crippen LogP contribution is 2.39. The van der Waals surface area contributed by atoms with E-state index in [1.807, 2.05) is 0 Å². The molecule has 0 amide bonds. The van der Waals surface area contributed by atoms with Crippen LogP contribution in [-0.4, -0.2) is 27.7 Å². The van der Waals surface area contributed by atoms with Gasteiger partial charge in [-0.15, -0.1) is 0 Å². The number of fused-ring (bicyclic) bond motifs is 1. The standard InChI is InChI=1S/C17H16F2N2O3S/c1-3-24-17-20-15-14(25-17)13(22)12(10-7-5-4-6-9(10)2)16(23)21(15)8-11(18)19/h4-7,11,22H,3,8H2,1-2H3. The first-order valence-electron chi connectivity index (χ1n) is 7.67. The lowest BCUT2D eigenvalue weighted by Crippen LogP contribution is -2.25. The fourth-order valence-electron chi connectivity index (χ4n) is 2.66. The second kappa shape index (κ2) is 6.79. The molecular weight excluding hydrogens is 350 g/mol. The molecule has 132 valence electrons. The van der Waals surface area contributed by atoms with E-state index in [1.165, 1.54) is 0 Å². The number of nitrogens with zero attached hydrogens (tertiary/aromatic N) is 2. The Morgan fingerprint density at radius 3 is 2.72 bits per heavy atom. The Labute approximate surface area is 146 Å². The number of alkyl halides is 2. The Kier molecular flexibility index (Phi) is 4.71. The monoisotopic (exact) mass is 366 g/mol. The molecule has 8 heteroatoms. The van der Waals surface area contributed by atoms with Gasteiger partial charge in [-0.25, -0.2) is 8.78 Å². The number of rotatable bonds is 5. The van der Waals surface area contributed by atoms with Crippen molar-refractivity contribution in [2.24, 2.45) is 0 Å². The lowest BCUT2D eigenvalue weighted by Gasteiger charge is -2.12. The van der Waals surface area contributed by atoms with Crippen LogP contribution in [0.5, 0.6) is 10.9 Å². The molecule has 5 nitrogen and oxygen atoms in total. The van der Waals surface area contributed by atoms with Gasteiger partial charge in [0, 0.05) is 0 Å². The molecule has 2 aromatic heterocycles. The third-order valence-corrected chi connectivity index (χ3v) is 4.72. The van der Waals surface area contributed by atoms with Crippen molar-refractivity contribution in [1.29, 1.82) is 0 Å². The van der Waals surface area contributed by atoms with Crippen LogP contribution in [0.1, 0.15) is 12.5 Å². The smallest absolute Gasteiger partial charge is 0.275 e. The molecule has 3 rings (SSSR count). The molecule has 0 unspecified atom stereocenters. The third kappa shape index (κ3) is 3.09. The molecule has 0 aliphatic rings. The second-order valence-corrected chi connectivity index (χ2v) is 6.37. The fraction of sp³-hybridized carbons (Fsp3) is 0.294. The number of aromatic nitrogens is 2. The van der Waals surface area contributed by atoms with Gasteiger partial charge in [0.2, 0.25) is 0 Å². The van der Waals surface area contributed by atoms with Crippen molar-refractivity contribution in [2.45, 2.75) is 26.8 Å². The summed E-state index contributed by atoms with van der Waals surface area (Å²) in [6.07, 6.45) is -2.73. The number of halogens is 2. The number of pyridine rings is 1. The summed E-state index contributed by atoms with van der Waals surface area (Å²) in [6, 6.07) is 6.98. The predicted molar refractivity (Wildman–Crippen MR) is 92.9 cm³/mol. The Morgan fingerprint density at radius 1 is 1.36 bits per heavy atom. The summed E-state index contributed by atoms with van der Waals surface area (Å²) in [7, 11) is 0. The summed E-state index contributed by atoms with van der Waals surface area (Å²) < 4.78 is 32.5. The van der Waals surface area contributed by atoms with Gasteiger partial charge < -0.3 is 9.84 Å². The van der Waals surface area contributed by atoms with Crippen LogP contribution in [0.3, 0.4) is 0 Å². The molecule has 0 radical (unpaired) electrons. The van der Waals surface area contributed by atoms with E-state index in [1.54, 1.807) is 38.1 Å². The molecule has 1 N–H and O–H groups in total. The minimum Gasteiger partial charge on any atom is -0.505 e. The van der Waals surface area contributed by atoms with Crippen molar-refractivity contribution >= 4 is 21.7 Å². The average molecular weight is 366 g/mol. The first kappa shape index (κ1) is 17.3. The summed E-state index contributed by atoms with van der Waals surface area (Å²) in [5.41, 5.74) is 0.563. The zero-order chi connectivity index (χ0) is 18.1. The number of thiazole rings is 1. The molecule has 25 heavy (non-hydrogen) atoms. The van der Waals surface area contributed by atoms with E-state index in [4.69, 9.17) is 4.74 Å². The SMILES string of the molecule is CCOc1nc2c(s1)c(O)c(-c1ccccc1C)c(=O)n2CC(F)F. The summed E-state index contributed by atoms with van der Waals surface area (Å²) >= 11 is 1.03. The molecule has 0 atom stereocenters. The van der Waals surface area contributed by atoms with Gasteiger partial charge in [0.15, 0.2) is 5.65 Å². The molecule has 2 heterocycles. The summed E-state index contributed by atoms with van der Waals surface area (Å²) in [6.45, 7) is 3.08. The molecule has 0 aliphatic heterocycles. The van der Waals surface area contributed by atoms with E-state index in [2.05, 4.69) is 4.98 Å². The van der Waals surface area contributed by atoms with Crippen LogP contribution < -0.4 is 10.3 Å². The van der Waals surface area contributed by atoms with Crippen LogP contribution in [0.4, 0.5) is 8.78 Å². The molecule has 1 aromatic carbocycles. The number of benzene rings is 1. The number of ether oxygens (including phenoxy) is 1. The van der Waals surface area contributed by atoms with E-state index in [0.717, 1.165) is 21.5 Å². The van der Waals surface area contributed by atoms with Crippen molar-refractivity contribution in [3.8, 4) is 22.1 Å². The molecule has 3 aromatic rings. The maximum atomic E-state index is 13.0. The zero-order valence-corrected chi connectivity index (χ0v) is 14.4. The third-order valence-electron chi connectivity index (χ3n) is 3.76. The zero-order valence-electron chi connectivity index (χ0n) is 13.6. The van der Waals surface area contributed by atoms with Crippen molar-refractivity contribution in [3.05, 3.63) is 40.2 Å². The first-order valence-corrected chi connectivity index (χ1v) is 8.49. The van der Waals surface area contributed by atoms with Crippen LogP contribution in [-0.2, 0) is 6.54 Å². The number of hydrogen-bond donors (Lipinski definition) is 1. The van der Waals surface area contributed by atoms with Gasteiger partial charge in [0.25, 0.3) is 17.2 Å². The number of aryl methyl sites for hydroxylation is 1. The van der Waals surface area contributed by atoms with Gasteiger partial charge >= 0.3 is 0 Å². The summed E-state index contributed by atoms with van der Waals surface area (Å²) in [5.74, 6) is -0.261. The molecule has 0 saturated carbocycles. The van der Waals surface area contributed by atoms with E-state index < -0.39 is 18.5 Å². The Bertz CT molecular complexity index is 982. The Morgan fingerprint density at radius 2 is 2.08 bits per heavy atom. The van der Waals surface area contributed by atoms with Crippen molar-refractivity contribution in [2.75, 3.05) is 6.61 Å². The number of aromatic hydroxyl groups is 1. The fourth-order valence-corrected chi connectivity index (χ4v) is 3.59. The van der Waals surface area contributed by atoms with Crippen molar-refractivity contribution < 1.29 is 18.6 Å². The molecule has 0 bridgehead atoms. The van der Waals surface area contributed by atoms with Crippen LogP contribution in [0, 0.1) is 6.92 Å². The lowest BCUT2D eigenvalue weighted by atomic mass is 10.0. The maximum absolute atomic E-state index is 13.0. The summed E-state index contributed by atoms with van der Waals surface area (Å²) in [5, 5.41) is 10.9. The minimum absolute atomic E-state index is 0.00190. The highest BCUT2D eigenvalue weighted by Gasteiger charge is 2.24. The van der Waals surface area contributed by atoms with Gasteiger partial charge in [-0.2, -0.15) is 4.98 Å². The van der Waals surface area contributed by atoms with Crippen molar-refractivity contribution in [3.63, 3.8) is 0 Å². The van der Waals surface area contributed by atoms with E-state index in [-0.39, 0.29) is 26.9 Å². The van der Waals surface area contributed by atoms with E-state index in [0.29, 0.717) is 12.2 Å². The quantitative estimate of drug-likeness (QED) is 0.746. The lowest BCUT2D eigenvalue weighted by molar-refractivity contribution is 0.126. The van der Waals surface area contributed by atoms with Crippen molar-refractivity contribution in [1.82, 2.24) is 9.55 Å². The normalized spacial score (nSPS) is 11.4. The van der Waals surface area contributed by atoms with Crippen LogP contribution in [0.25, 0.3) is 21.5 Å². The molecule has 0 aliphatic carbocycles. The summed E-state index contributed by atoms with van der Waals surface area (Å²) in [4.78, 5) is 17.0. The average Bonchev–Trinajstić information content (AvgIpc) is 2.98. The molecule has 0 saturated heterocycles. The van der Waals surface area contributed by atoms with Gasteiger partial charge in [-0.1, -0.05) is 35.6 Å². The Balaban J connectivity index is 2.38.